The van der Waals surface area contributed by atoms with E-state index in [9.17, 15) is 14.3 Å². The maximum atomic E-state index is 13.9. The van der Waals surface area contributed by atoms with Gasteiger partial charge in [0.25, 0.3) is 0 Å². The summed E-state index contributed by atoms with van der Waals surface area (Å²) in [7, 11) is 1.43. The van der Waals surface area contributed by atoms with Crippen molar-refractivity contribution in [2.75, 3.05) is 12.4 Å². The predicted octanol–water partition coefficient (Wildman–Crippen LogP) is 2.83. The van der Waals surface area contributed by atoms with Crippen molar-refractivity contribution in [3.8, 4) is 11.5 Å². The van der Waals surface area contributed by atoms with Crippen molar-refractivity contribution in [2.45, 2.75) is 6.04 Å². The van der Waals surface area contributed by atoms with E-state index in [1.165, 1.54) is 31.4 Å². The third kappa shape index (κ3) is 3.85. The third-order valence-corrected chi connectivity index (χ3v) is 4.47. The van der Waals surface area contributed by atoms with Crippen LogP contribution in [0.3, 0.4) is 0 Å². The number of methoxy groups -OCH3 is 1. The van der Waals surface area contributed by atoms with Gasteiger partial charge in [-0.25, -0.2) is 4.39 Å². The van der Waals surface area contributed by atoms with E-state index in [2.05, 4.69) is 22.5 Å². The molecule has 0 aliphatic carbocycles. The molecular formula is C19H18FN3O3S. The topological polar surface area (TPSA) is 82.6 Å². The number of halogens is 1. The van der Waals surface area contributed by atoms with Crippen LogP contribution in [0.5, 0.6) is 11.5 Å². The van der Waals surface area contributed by atoms with Crippen molar-refractivity contribution in [1.29, 1.82) is 0 Å². The summed E-state index contributed by atoms with van der Waals surface area (Å²) in [6, 6.07) is 10.1. The highest BCUT2D eigenvalue weighted by molar-refractivity contribution is 7.80. The fourth-order valence-corrected chi connectivity index (χ4v) is 3.19. The van der Waals surface area contributed by atoms with Gasteiger partial charge in [-0.3, -0.25) is 4.79 Å². The standard InChI is InChI=1S/C19H18FN3O3S/c1-10-16(18(25)22-13-6-4-3-5-12(13)20)17(23-19(27)21-10)11-7-8-14(24)15(9-11)26-2/h3-9,16-17,24H,1H2,2H3,(H,22,25)(H2,21,23,27)/t16-,17+/m0/s1. The summed E-state index contributed by atoms with van der Waals surface area (Å²) in [6.07, 6.45) is 0. The average Bonchev–Trinajstić information content (AvgIpc) is 2.63. The van der Waals surface area contributed by atoms with Crippen LogP contribution in [-0.4, -0.2) is 23.2 Å². The second-order valence-corrected chi connectivity index (χ2v) is 6.39. The molecule has 1 saturated heterocycles. The fraction of sp³-hybridized carbons (Fsp3) is 0.158. The fourth-order valence-electron chi connectivity index (χ4n) is 2.93. The van der Waals surface area contributed by atoms with Gasteiger partial charge in [0.2, 0.25) is 5.91 Å². The molecule has 0 saturated carbocycles. The van der Waals surface area contributed by atoms with E-state index >= 15 is 0 Å². The highest BCUT2D eigenvalue weighted by atomic mass is 32.1. The first kappa shape index (κ1) is 18.7. The van der Waals surface area contributed by atoms with Gasteiger partial charge >= 0.3 is 0 Å². The van der Waals surface area contributed by atoms with Crippen LogP contribution in [-0.2, 0) is 4.79 Å². The Labute approximate surface area is 161 Å². The third-order valence-electron chi connectivity index (χ3n) is 4.25. The lowest BCUT2D eigenvalue weighted by molar-refractivity contribution is -0.119. The van der Waals surface area contributed by atoms with Crippen LogP contribution in [0.4, 0.5) is 10.1 Å². The Morgan fingerprint density at radius 3 is 2.78 bits per heavy atom. The molecule has 0 spiro atoms. The van der Waals surface area contributed by atoms with Crippen LogP contribution in [0.1, 0.15) is 11.6 Å². The molecular weight excluding hydrogens is 369 g/mol. The van der Waals surface area contributed by atoms with Crippen molar-refractivity contribution in [1.82, 2.24) is 10.6 Å². The van der Waals surface area contributed by atoms with Crippen molar-refractivity contribution >= 4 is 28.9 Å². The number of benzene rings is 2. The number of phenols is 1. The number of para-hydroxylation sites is 1. The second-order valence-electron chi connectivity index (χ2n) is 5.98. The number of ether oxygens (including phenoxy) is 1. The molecule has 0 bridgehead atoms. The summed E-state index contributed by atoms with van der Waals surface area (Å²) in [5.74, 6) is -1.54. The lowest BCUT2D eigenvalue weighted by atomic mass is 9.88. The largest absolute Gasteiger partial charge is 0.504 e. The number of nitrogens with one attached hydrogen (secondary N) is 3. The number of thiocarbonyl (C=S) groups is 1. The Morgan fingerprint density at radius 2 is 2.07 bits per heavy atom. The van der Waals surface area contributed by atoms with Crippen LogP contribution in [0.25, 0.3) is 0 Å². The zero-order valence-corrected chi connectivity index (χ0v) is 15.3. The molecule has 6 nitrogen and oxygen atoms in total. The summed E-state index contributed by atoms with van der Waals surface area (Å²) < 4.78 is 19.0. The number of amides is 1. The van der Waals surface area contributed by atoms with E-state index in [1.54, 1.807) is 18.2 Å². The van der Waals surface area contributed by atoms with Gasteiger partial charge in [0.1, 0.15) is 11.7 Å². The molecule has 1 heterocycles. The number of carbonyl (C=O) groups is 1. The Morgan fingerprint density at radius 1 is 1.33 bits per heavy atom. The number of carbonyl (C=O) groups excluding carboxylic acids is 1. The van der Waals surface area contributed by atoms with E-state index in [4.69, 9.17) is 17.0 Å². The minimum Gasteiger partial charge on any atom is -0.504 e. The highest BCUT2D eigenvalue weighted by Gasteiger charge is 2.37. The van der Waals surface area contributed by atoms with Gasteiger partial charge in [0.05, 0.1) is 18.8 Å². The molecule has 27 heavy (non-hydrogen) atoms. The molecule has 2 aromatic carbocycles. The van der Waals surface area contributed by atoms with Crippen LogP contribution in [0.2, 0.25) is 0 Å². The minimum atomic E-state index is -0.787. The molecule has 140 valence electrons. The van der Waals surface area contributed by atoms with E-state index in [-0.39, 0.29) is 17.2 Å². The lowest BCUT2D eigenvalue weighted by Gasteiger charge is -2.35. The maximum absolute atomic E-state index is 13.9. The smallest absolute Gasteiger partial charge is 0.235 e. The van der Waals surface area contributed by atoms with E-state index < -0.39 is 23.7 Å². The Balaban J connectivity index is 1.94. The molecule has 2 aromatic rings. The van der Waals surface area contributed by atoms with Crippen molar-refractivity contribution in [2.24, 2.45) is 5.92 Å². The van der Waals surface area contributed by atoms with E-state index in [0.29, 0.717) is 16.4 Å². The van der Waals surface area contributed by atoms with E-state index in [1.807, 2.05) is 0 Å². The first-order valence-corrected chi connectivity index (χ1v) is 8.50. The molecule has 1 aliphatic rings. The van der Waals surface area contributed by atoms with Crippen LogP contribution in [0, 0.1) is 11.7 Å². The Hall–Kier alpha value is -3.13. The number of phenolic OH excluding ortho intramolecular Hbond substituents is 1. The number of hydrogen-bond donors (Lipinski definition) is 4. The van der Waals surface area contributed by atoms with Gasteiger partial charge in [-0.05, 0) is 42.0 Å². The zero-order chi connectivity index (χ0) is 19.6. The van der Waals surface area contributed by atoms with Crippen molar-refractivity contribution in [3.63, 3.8) is 0 Å². The summed E-state index contributed by atoms with van der Waals surface area (Å²) >= 11 is 5.18. The van der Waals surface area contributed by atoms with Gasteiger partial charge in [-0.2, -0.15) is 0 Å². The van der Waals surface area contributed by atoms with Gasteiger partial charge < -0.3 is 25.8 Å². The Kier molecular flexibility index (Phi) is 5.27. The predicted molar refractivity (Wildman–Crippen MR) is 104 cm³/mol. The molecule has 1 aliphatic heterocycles. The van der Waals surface area contributed by atoms with Crippen LogP contribution < -0.4 is 20.7 Å². The van der Waals surface area contributed by atoms with Crippen molar-refractivity contribution in [3.05, 3.63) is 66.1 Å². The second kappa shape index (κ2) is 7.63. The molecule has 8 heteroatoms. The Bertz CT molecular complexity index is 919. The van der Waals surface area contributed by atoms with Gasteiger partial charge in [-0.15, -0.1) is 0 Å². The molecule has 1 fully saturated rings. The molecule has 1 amide bonds. The highest BCUT2D eigenvalue weighted by Crippen LogP contribution is 2.35. The summed E-state index contributed by atoms with van der Waals surface area (Å²) in [5.41, 5.74) is 1.11. The van der Waals surface area contributed by atoms with Gasteiger partial charge in [-0.1, -0.05) is 24.8 Å². The lowest BCUT2D eigenvalue weighted by Crippen LogP contribution is -2.51. The zero-order valence-electron chi connectivity index (χ0n) is 14.5. The molecule has 3 rings (SSSR count). The van der Waals surface area contributed by atoms with Crippen molar-refractivity contribution < 1.29 is 19.0 Å². The number of aromatic hydroxyl groups is 1. The maximum Gasteiger partial charge on any atom is 0.235 e. The number of hydrogen-bond acceptors (Lipinski definition) is 4. The number of rotatable bonds is 4. The van der Waals surface area contributed by atoms with Crippen LogP contribution in [0.15, 0.2) is 54.7 Å². The molecule has 0 aromatic heterocycles. The van der Waals surface area contributed by atoms with Crippen LogP contribution >= 0.6 is 12.2 Å². The summed E-state index contributed by atoms with van der Waals surface area (Å²) in [6.45, 7) is 3.89. The summed E-state index contributed by atoms with van der Waals surface area (Å²) in [5, 5.41) is 18.6. The van der Waals surface area contributed by atoms with Gasteiger partial charge in [0, 0.05) is 5.70 Å². The minimum absolute atomic E-state index is 0.0241. The number of anilines is 1. The molecule has 2 atom stereocenters. The molecule has 0 unspecified atom stereocenters. The monoisotopic (exact) mass is 387 g/mol. The van der Waals surface area contributed by atoms with Gasteiger partial charge in [0.15, 0.2) is 16.6 Å². The normalized spacial score (nSPS) is 19.0. The first-order chi connectivity index (χ1) is 12.9. The molecule has 0 radical (unpaired) electrons. The van der Waals surface area contributed by atoms with E-state index in [0.717, 1.165) is 0 Å². The molecule has 4 N–H and O–H groups in total. The first-order valence-electron chi connectivity index (χ1n) is 8.09. The SMILES string of the molecule is C=C1NC(=S)N[C@H](c2ccc(O)c(OC)c2)[C@H]1C(=O)Nc1ccccc1F. The quantitative estimate of drug-likeness (QED) is 0.604. The average molecular weight is 387 g/mol. The summed E-state index contributed by atoms with van der Waals surface area (Å²) in [4.78, 5) is 12.9.